The maximum Gasteiger partial charge on any atom is 0.271 e. The van der Waals surface area contributed by atoms with Gasteiger partial charge in [-0.25, -0.2) is 4.90 Å². The van der Waals surface area contributed by atoms with Crippen molar-refractivity contribution in [2.24, 2.45) is 29.1 Å². The number of hydrogen-bond acceptors (Lipinski definition) is 8. The Hall–Kier alpha value is -4.60. The van der Waals surface area contributed by atoms with Gasteiger partial charge in [0.05, 0.1) is 34.5 Å². The Kier molecular flexibility index (Phi) is 6.63. The number of nitro benzene ring substituents is 1. The van der Waals surface area contributed by atoms with Crippen molar-refractivity contribution in [2.45, 2.75) is 46.5 Å². The van der Waals surface area contributed by atoms with Gasteiger partial charge < -0.3 is 9.84 Å². The van der Waals surface area contributed by atoms with E-state index in [1.54, 1.807) is 32.9 Å². The maximum absolute atomic E-state index is 14.1. The molecule has 10 heteroatoms. The number of phenols is 1. The molecule has 1 saturated carbocycles. The van der Waals surface area contributed by atoms with Gasteiger partial charge in [-0.2, -0.15) is 0 Å². The Morgan fingerprint density at radius 2 is 1.79 bits per heavy atom. The van der Waals surface area contributed by atoms with Crippen molar-refractivity contribution in [3.63, 3.8) is 0 Å². The van der Waals surface area contributed by atoms with Crippen LogP contribution in [0.1, 0.15) is 52.0 Å². The molecule has 2 aromatic rings. The lowest BCUT2D eigenvalue weighted by molar-refractivity contribution is -0.384. The fourth-order valence-electron chi connectivity index (χ4n) is 7.94. The predicted octanol–water partition coefficient (Wildman–Crippen LogP) is 5.05. The van der Waals surface area contributed by atoms with Crippen LogP contribution in [-0.4, -0.2) is 40.0 Å². The second-order valence-electron chi connectivity index (χ2n) is 12.1. The van der Waals surface area contributed by atoms with E-state index in [0.29, 0.717) is 23.3 Å². The van der Waals surface area contributed by atoms with Gasteiger partial charge in [0.1, 0.15) is 0 Å². The summed E-state index contributed by atoms with van der Waals surface area (Å²) in [5.41, 5.74) is 1.03. The molecule has 43 heavy (non-hydrogen) atoms. The van der Waals surface area contributed by atoms with E-state index in [1.807, 2.05) is 13.0 Å². The summed E-state index contributed by atoms with van der Waals surface area (Å²) < 4.78 is 5.67. The Labute approximate surface area is 248 Å². The number of carbonyl (C=O) groups is 4. The van der Waals surface area contributed by atoms with Gasteiger partial charge in [0.2, 0.25) is 11.8 Å². The van der Waals surface area contributed by atoms with Crippen LogP contribution < -0.4 is 9.64 Å². The van der Waals surface area contributed by atoms with E-state index in [9.17, 15) is 34.4 Å². The van der Waals surface area contributed by atoms with Crippen LogP contribution in [0.4, 0.5) is 11.4 Å². The van der Waals surface area contributed by atoms with Crippen molar-refractivity contribution < 1.29 is 33.9 Å². The summed E-state index contributed by atoms with van der Waals surface area (Å²) in [6, 6.07) is 10.4. The van der Waals surface area contributed by atoms with Crippen LogP contribution in [0.2, 0.25) is 0 Å². The number of imide groups is 1. The number of ether oxygens (including phenoxy) is 1. The number of benzene rings is 2. The zero-order chi connectivity index (χ0) is 31.0. The topological polar surface area (TPSA) is 144 Å². The quantitative estimate of drug-likeness (QED) is 0.223. The molecular weight excluding hydrogens is 552 g/mol. The molecule has 3 aliphatic carbocycles. The Balaban J connectivity index is 1.50. The van der Waals surface area contributed by atoms with Crippen LogP contribution in [0.5, 0.6) is 11.5 Å². The first-order valence-corrected chi connectivity index (χ1v) is 14.5. The SMILES string of the molecule is CCOc1cc([C@H]2C3=CC[C@@H]4C(=O)N(c5cccc([N+](=O)[O-])c5)C(=O)[C@@H]4[C@@H]3C[C@H]3C(=O)C(C)=C(C)C(=O)[C@@]23C)ccc1O. The summed E-state index contributed by atoms with van der Waals surface area (Å²) in [5, 5.41) is 21.9. The molecule has 10 nitrogen and oxygen atoms in total. The largest absolute Gasteiger partial charge is 0.504 e. The first-order chi connectivity index (χ1) is 20.4. The molecule has 0 unspecified atom stereocenters. The molecule has 1 N–H and O–H groups in total. The monoisotopic (exact) mass is 584 g/mol. The van der Waals surface area contributed by atoms with Gasteiger partial charge in [-0.1, -0.05) is 30.7 Å². The number of hydrogen-bond donors (Lipinski definition) is 1. The van der Waals surface area contributed by atoms with E-state index in [1.165, 1.54) is 30.3 Å². The smallest absolute Gasteiger partial charge is 0.271 e. The molecule has 222 valence electrons. The number of amides is 2. The summed E-state index contributed by atoms with van der Waals surface area (Å²) in [6.45, 7) is 7.23. The fourth-order valence-corrected chi connectivity index (χ4v) is 7.94. The number of nitrogens with zero attached hydrogens (tertiary/aromatic N) is 2. The highest BCUT2D eigenvalue weighted by Crippen LogP contribution is 2.63. The molecule has 0 bridgehead atoms. The van der Waals surface area contributed by atoms with Crippen LogP contribution in [0.25, 0.3) is 0 Å². The fraction of sp³-hybridized carbons (Fsp3) is 0.394. The van der Waals surface area contributed by atoms with Gasteiger partial charge in [0.15, 0.2) is 23.1 Å². The van der Waals surface area contributed by atoms with Crippen molar-refractivity contribution in [2.75, 3.05) is 11.5 Å². The minimum atomic E-state index is -1.16. The molecule has 1 saturated heterocycles. The molecular formula is C33H32N2O8. The summed E-state index contributed by atoms with van der Waals surface area (Å²) in [4.78, 5) is 67.7. The van der Waals surface area contributed by atoms with E-state index in [0.717, 1.165) is 10.5 Å². The van der Waals surface area contributed by atoms with Crippen LogP contribution >= 0.6 is 0 Å². The molecule has 2 amide bonds. The number of non-ortho nitro benzene ring substituents is 1. The number of Topliss-reactive ketones (excluding diaryl/α,β-unsaturated/α-hetero) is 2. The maximum atomic E-state index is 14.1. The zero-order valence-electron chi connectivity index (χ0n) is 24.3. The second-order valence-corrected chi connectivity index (χ2v) is 12.1. The molecule has 6 rings (SSSR count). The average molecular weight is 585 g/mol. The van der Waals surface area contributed by atoms with Crippen LogP contribution in [0.3, 0.4) is 0 Å². The number of aromatic hydroxyl groups is 1. The van der Waals surface area contributed by atoms with E-state index >= 15 is 0 Å². The van der Waals surface area contributed by atoms with Gasteiger partial charge in [-0.05, 0) is 74.4 Å². The predicted molar refractivity (Wildman–Crippen MR) is 155 cm³/mol. The highest BCUT2D eigenvalue weighted by atomic mass is 16.6. The third-order valence-electron chi connectivity index (χ3n) is 10.1. The summed E-state index contributed by atoms with van der Waals surface area (Å²) in [7, 11) is 0. The van der Waals surface area contributed by atoms with Crippen LogP contribution in [0, 0.1) is 39.2 Å². The third-order valence-corrected chi connectivity index (χ3v) is 10.1. The number of rotatable bonds is 5. The third kappa shape index (κ3) is 3.99. The van der Waals surface area contributed by atoms with Crippen molar-refractivity contribution in [1.29, 1.82) is 0 Å². The van der Waals surface area contributed by atoms with Gasteiger partial charge in [0.25, 0.3) is 5.69 Å². The zero-order valence-corrected chi connectivity index (χ0v) is 24.3. The van der Waals surface area contributed by atoms with E-state index < -0.39 is 51.7 Å². The Bertz CT molecular complexity index is 1690. The normalized spacial score (nSPS) is 30.1. The molecule has 4 aliphatic rings. The Morgan fingerprint density at radius 3 is 2.49 bits per heavy atom. The van der Waals surface area contributed by atoms with E-state index in [2.05, 4.69) is 0 Å². The standard InChI is InChI=1S/C33H32N2O8/c1-5-43-26-13-18(9-12-25(26)36)28-21-10-11-22-27(23(21)15-24-29(37)16(2)17(3)30(38)33(24,28)4)32(40)34(31(22)39)19-7-6-8-20(14-19)35(41)42/h6-10,12-14,22-24,27-28,36H,5,11,15H2,1-4H3/t22-,23+,24-,27-,28-,33+/m0/s1. The molecule has 2 aromatic carbocycles. The number of fused-ring (bicyclic) bond motifs is 4. The molecule has 0 spiro atoms. The second kappa shape index (κ2) is 10.00. The lowest BCUT2D eigenvalue weighted by Crippen LogP contribution is -2.55. The molecule has 0 aromatic heterocycles. The highest BCUT2D eigenvalue weighted by Gasteiger charge is 2.64. The number of anilines is 1. The number of allylic oxidation sites excluding steroid dienone is 4. The number of nitro groups is 1. The van der Waals surface area contributed by atoms with Gasteiger partial charge in [-0.3, -0.25) is 29.3 Å². The van der Waals surface area contributed by atoms with Crippen molar-refractivity contribution in [3.05, 3.63) is 80.9 Å². The molecule has 2 fully saturated rings. The number of carbonyl (C=O) groups excluding carboxylic acids is 4. The van der Waals surface area contributed by atoms with Crippen LogP contribution in [0.15, 0.2) is 65.3 Å². The lowest BCUT2D eigenvalue weighted by atomic mass is 9.46. The first-order valence-electron chi connectivity index (χ1n) is 14.5. The van der Waals surface area contributed by atoms with Gasteiger partial charge >= 0.3 is 0 Å². The van der Waals surface area contributed by atoms with Gasteiger partial charge in [-0.15, -0.1) is 0 Å². The summed E-state index contributed by atoms with van der Waals surface area (Å²) in [5.74, 6) is -4.37. The Morgan fingerprint density at radius 1 is 1.05 bits per heavy atom. The minimum Gasteiger partial charge on any atom is -0.504 e. The van der Waals surface area contributed by atoms with Crippen LogP contribution in [-0.2, 0) is 19.2 Å². The highest BCUT2D eigenvalue weighted by molar-refractivity contribution is 6.22. The average Bonchev–Trinajstić information content (AvgIpc) is 3.25. The summed E-state index contributed by atoms with van der Waals surface area (Å²) in [6.07, 6.45) is 2.40. The molecule has 1 heterocycles. The molecule has 6 atom stereocenters. The molecule has 1 aliphatic heterocycles. The van der Waals surface area contributed by atoms with Crippen molar-refractivity contribution in [3.8, 4) is 11.5 Å². The van der Waals surface area contributed by atoms with E-state index in [-0.39, 0.29) is 47.3 Å². The molecule has 0 radical (unpaired) electrons. The van der Waals surface area contributed by atoms with E-state index in [4.69, 9.17) is 4.74 Å². The van der Waals surface area contributed by atoms with Crippen molar-refractivity contribution >= 4 is 34.8 Å². The number of phenolic OH excluding ortho intramolecular Hbond substituents is 1. The van der Waals surface area contributed by atoms with Crippen molar-refractivity contribution in [1.82, 2.24) is 0 Å². The number of ketones is 2. The van der Waals surface area contributed by atoms with Gasteiger partial charge in [0, 0.05) is 24.0 Å². The lowest BCUT2D eigenvalue weighted by Gasteiger charge is -2.54. The summed E-state index contributed by atoms with van der Waals surface area (Å²) >= 11 is 0. The minimum absolute atomic E-state index is 0.0560. The first kappa shape index (κ1) is 28.5.